The van der Waals surface area contributed by atoms with Crippen molar-refractivity contribution in [2.75, 3.05) is 41.3 Å². The molecule has 0 saturated carbocycles. The Morgan fingerprint density at radius 1 is 0.875 bits per heavy atom. The van der Waals surface area contributed by atoms with E-state index in [-0.39, 0.29) is 5.91 Å². The molecule has 0 radical (unpaired) electrons. The van der Waals surface area contributed by atoms with Crippen LogP contribution in [-0.4, -0.2) is 57.0 Å². The van der Waals surface area contributed by atoms with Crippen molar-refractivity contribution in [2.45, 2.75) is 0 Å². The Morgan fingerprint density at radius 2 is 1.69 bits per heavy atom. The largest absolute Gasteiger partial charge is 0.353 e. The molecule has 1 saturated heterocycles. The molecule has 0 unspecified atom stereocenters. The van der Waals surface area contributed by atoms with Crippen LogP contribution in [0.2, 0.25) is 0 Å². The number of hydrogen-bond donors (Lipinski definition) is 1. The number of carbonyl (C=O) groups excluding carboxylic acids is 1. The lowest BCUT2D eigenvalue weighted by Crippen LogP contribution is -2.47. The molecular formula is C22H20N8OS. The lowest BCUT2D eigenvalue weighted by Gasteiger charge is -2.35. The van der Waals surface area contributed by atoms with Crippen LogP contribution in [0.5, 0.6) is 0 Å². The van der Waals surface area contributed by atoms with Gasteiger partial charge >= 0.3 is 0 Å². The highest BCUT2D eigenvalue weighted by Crippen LogP contribution is 2.21. The standard InChI is InChI=1S/C22H20N8OS/c31-21(16-4-5-18(25-11-16)19-14-23-15-32-19)28-17-12-26-22(27-13-17)30-9-7-29(8-10-30)20-3-1-2-6-24-20/h1-6,11-15H,7-10H2,(H,28,31). The average Bonchev–Trinajstić information content (AvgIpc) is 3.40. The highest BCUT2D eigenvalue weighted by molar-refractivity contribution is 7.13. The highest BCUT2D eigenvalue weighted by atomic mass is 32.1. The summed E-state index contributed by atoms with van der Waals surface area (Å²) in [5.41, 5.74) is 3.55. The molecule has 5 rings (SSSR count). The molecule has 0 bridgehead atoms. The second kappa shape index (κ2) is 9.06. The number of thiazole rings is 1. The van der Waals surface area contributed by atoms with E-state index in [2.05, 4.69) is 40.0 Å². The average molecular weight is 445 g/mol. The highest BCUT2D eigenvalue weighted by Gasteiger charge is 2.20. The van der Waals surface area contributed by atoms with E-state index in [1.54, 1.807) is 36.4 Å². The number of carbonyl (C=O) groups is 1. The zero-order valence-corrected chi connectivity index (χ0v) is 17.9. The van der Waals surface area contributed by atoms with E-state index < -0.39 is 0 Å². The molecule has 4 aromatic heterocycles. The molecule has 1 N–H and O–H groups in total. The molecule has 32 heavy (non-hydrogen) atoms. The summed E-state index contributed by atoms with van der Waals surface area (Å²) in [4.78, 5) is 39.6. The number of aromatic nitrogens is 5. The van der Waals surface area contributed by atoms with E-state index in [9.17, 15) is 4.79 Å². The molecule has 5 heterocycles. The molecule has 1 fully saturated rings. The van der Waals surface area contributed by atoms with Crippen molar-refractivity contribution >= 4 is 34.7 Å². The van der Waals surface area contributed by atoms with Crippen LogP contribution in [-0.2, 0) is 0 Å². The minimum atomic E-state index is -0.256. The Morgan fingerprint density at radius 3 is 2.34 bits per heavy atom. The number of hydrogen-bond acceptors (Lipinski definition) is 9. The fourth-order valence-corrected chi connectivity index (χ4v) is 4.04. The zero-order chi connectivity index (χ0) is 21.8. The smallest absolute Gasteiger partial charge is 0.257 e. The molecule has 10 heteroatoms. The van der Waals surface area contributed by atoms with Gasteiger partial charge in [0, 0.05) is 44.8 Å². The van der Waals surface area contributed by atoms with Crippen molar-refractivity contribution < 1.29 is 4.79 Å². The quantitative estimate of drug-likeness (QED) is 0.502. The first kappa shape index (κ1) is 20.0. The Balaban J connectivity index is 1.18. The molecular weight excluding hydrogens is 424 g/mol. The summed E-state index contributed by atoms with van der Waals surface area (Å²) >= 11 is 1.50. The van der Waals surface area contributed by atoms with Gasteiger partial charge in [0.25, 0.3) is 5.91 Å². The van der Waals surface area contributed by atoms with E-state index in [0.717, 1.165) is 42.6 Å². The monoisotopic (exact) mass is 444 g/mol. The number of nitrogens with zero attached hydrogens (tertiary/aromatic N) is 7. The fourth-order valence-electron chi connectivity index (χ4n) is 3.44. The third-order valence-electron chi connectivity index (χ3n) is 5.14. The molecule has 9 nitrogen and oxygen atoms in total. The summed E-state index contributed by atoms with van der Waals surface area (Å²) in [5, 5.41) is 2.82. The Bertz CT molecular complexity index is 1160. The molecule has 0 aliphatic carbocycles. The molecule has 4 aromatic rings. The van der Waals surface area contributed by atoms with E-state index >= 15 is 0 Å². The van der Waals surface area contributed by atoms with Crippen LogP contribution < -0.4 is 15.1 Å². The summed E-state index contributed by atoms with van der Waals surface area (Å²) in [6, 6.07) is 9.49. The van der Waals surface area contributed by atoms with E-state index in [4.69, 9.17) is 0 Å². The van der Waals surface area contributed by atoms with Crippen molar-refractivity contribution in [1.82, 2.24) is 24.9 Å². The van der Waals surface area contributed by atoms with Crippen molar-refractivity contribution in [2.24, 2.45) is 0 Å². The van der Waals surface area contributed by atoms with Gasteiger partial charge < -0.3 is 15.1 Å². The van der Waals surface area contributed by atoms with Gasteiger partial charge in [0.05, 0.1) is 39.7 Å². The van der Waals surface area contributed by atoms with Crippen molar-refractivity contribution in [3.05, 3.63) is 72.4 Å². The Labute approximate surface area is 188 Å². The van der Waals surface area contributed by atoms with Gasteiger partial charge in [-0.15, -0.1) is 11.3 Å². The van der Waals surface area contributed by atoms with Gasteiger partial charge in [0.15, 0.2) is 0 Å². The first-order chi connectivity index (χ1) is 15.8. The van der Waals surface area contributed by atoms with Crippen LogP contribution in [0.1, 0.15) is 10.4 Å². The predicted molar refractivity (Wildman–Crippen MR) is 124 cm³/mol. The topological polar surface area (TPSA) is 100 Å². The number of pyridine rings is 2. The summed E-state index contributed by atoms with van der Waals surface area (Å²) in [6.07, 6.45) is 8.38. The summed E-state index contributed by atoms with van der Waals surface area (Å²) < 4.78 is 0. The minimum absolute atomic E-state index is 0.256. The van der Waals surface area contributed by atoms with Gasteiger partial charge in [-0.05, 0) is 24.3 Å². The molecule has 160 valence electrons. The maximum Gasteiger partial charge on any atom is 0.257 e. The molecule has 1 aliphatic heterocycles. The summed E-state index contributed by atoms with van der Waals surface area (Å²) in [5.74, 6) is 1.38. The van der Waals surface area contributed by atoms with Gasteiger partial charge in [-0.1, -0.05) is 6.07 Å². The third-order valence-corrected chi connectivity index (χ3v) is 5.94. The second-order valence-corrected chi connectivity index (χ2v) is 8.07. The first-order valence-electron chi connectivity index (χ1n) is 10.2. The fraction of sp³-hybridized carbons (Fsp3) is 0.182. The van der Waals surface area contributed by atoms with Gasteiger partial charge in [-0.2, -0.15) is 0 Å². The maximum atomic E-state index is 12.5. The summed E-state index contributed by atoms with van der Waals surface area (Å²) in [6.45, 7) is 3.31. The second-order valence-electron chi connectivity index (χ2n) is 7.19. The Kier molecular flexibility index (Phi) is 5.67. The number of rotatable bonds is 5. The predicted octanol–water partition coefficient (Wildman–Crippen LogP) is 2.97. The minimum Gasteiger partial charge on any atom is -0.353 e. The van der Waals surface area contributed by atoms with Gasteiger partial charge in [0.1, 0.15) is 5.82 Å². The number of amides is 1. The first-order valence-corrected chi connectivity index (χ1v) is 11.0. The van der Waals surface area contributed by atoms with Gasteiger partial charge in [-0.3, -0.25) is 14.8 Å². The third kappa shape index (κ3) is 4.40. The number of nitrogens with one attached hydrogen (secondary N) is 1. The van der Waals surface area contributed by atoms with Crippen molar-refractivity contribution in [3.63, 3.8) is 0 Å². The Hall–Kier alpha value is -3.92. The van der Waals surface area contributed by atoms with Gasteiger partial charge in [0.2, 0.25) is 5.95 Å². The van der Waals surface area contributed by atoms with Crippen LogP contribution in [0.3, 0.4) is 0 Å². The molecule has 0 spiro atoms. The SMILES string of the molecule is O=C(Nc1cnc(N2CCN(c3ccccn3)CC2)nc1)c1ccc(-c2cncs2)nc1. The van der Waals surface area contributed by atoms with Crippen LogP contribution in [0.15, 0.2) is 66.8 Å². The van der Waals surface area contributed by atoms with Crippen LogP contribution in [0.4, 0.5) is 17.5 Å². The van der Waals surface area contributed by atoms with Crippen LogP contribution in [0, 0.1) is 0 Å². The van der Waals surface area contributed by atoms with Gasteiger partial charge in [-0.25, -0.2) is 15.0 Å². The van der Waals surface area contributed by atoms with E-state index in [1.165, 1.54) is 11.3 Å². The molecule has 0 atom stereocenters. The van der Waals surface area contributed by atoms with E-state index in [1.807, 2.05) is 30.5 Å². The molecule has 1 aliphatic rings. The number of anilines is 3. The van der Waals surface area contributed by atoms with Crippen LogP contribution >= 0.6 is 11.3 Å². The van der Waals surface area contributed by atoms with E-state index in [0.29, 0.717) is 17.2 Å². The van der Waals surface area contributed by atoms with Crippen LogP contribution in [0.25, 0.3) is 10.6 Å². The van der Waals surface area contributed by atoms with Crippen molar-refractivity contribution in [3.8, 4) is 10.6 Å². The zero-order valence-electron chi connectivity index (χ0n) is 17.1. The normalized spacial score (nSPS) is 13.8. The summed E-state index contributed by atoms with van der Waals surface area (Å²) in [7, 11) is 0. The number of piperazine rings is 1. The maximum absolute atomic E-state index is 12.5. The lowest BCUT2D eigenvalue weighted by atomic mass is 10.2. The van der Waals surface area contributed by atoms with Crippen molar-refractivity contribution in [1.29, 1.82) is 0 Å². The molecule has 0 aromatic carbocycles. The lowest BCUT2D eigenvalue weighted by molar-refractivity contribution is 0.102. The molecule has 1 amide bonds.